The first-order valence-electron chi connectivity index (χ1n) is 8.51. The van der Waals surface area contributed by atoms with Crippen LogP contribution in [0.15, 0.2) is 6.20 Å². The van der Waals surface area contributed by atoms with Crippen LogP contribution in [0.3, 0.4) is 0 Å². The molecule has 1 fully saturated rings. The van der Waals surface area contributed by atoms with Crippen molar-refractivity contribution in [2.75, 3.05) is 33.4 Å². The number of hydrogen-bond donors (Lipinski definition) is 2. The maximum Gasteiger partial charge on any atom is 0.409 e. The summed E-state index contributed by atoms with van der Waals surface area (Å²) in [7, 11) is 3.10. The minimum atomic E-state index is -0.428. The van der Waals surface area contributed by atoms with Gasteiger partial charge in [-0.15, -0.1) is 5.10 Å². The lowest BCUT2D eigenvalue weighted by Gasteiger charge is -2.31. The van der Waals surface area contributed by atoms with Crippen LogP contribution >= 0.6 is 0 Å². The number of likely N-dealkylation sites (tertiary alicyclic amines) is 1. The van der Waals surface area contributed by atoms with Gasteiger partial charge in [0.15, 0.2) is 0 Å². The zero-order chi connectivity index (χ0) is 19.1. The Bertz CT molecular complexity index is 651. The number of rotatable bonds is 6. The molecule has 2 rings (SSSR count). The van der Waals surface area contributed by atoms with E-state index in [0.29, 0.717) is 32.5 Å². The van der Waals surface area contributed by atoms with E-state index in [1.807, 2.05) is 0 Å². The molecule has 0 radical (unpaired) electrons. The van der Waals surface area contributed by atoms with Crippen molar-refractivity contribution in [2.45, 2.75) is 25.8 Å². The number of ether oxygens (including phenoxy) is 2. The lowest BCUT2D eigenvalue weighted by molar-refractivity contribution is -0.121. The van der Waals surface area contributed by atoms with Crippen LogP contribution < -0.4 is 15.4 Å². The van der Waals surface area contributed by atoms with E-state index in [2.05, 4.69) is 15.7 Å². The number of carbonyl (C=O) groups excluding carboxylic acids is 3. The number of methoxy groups -OCH3 is 1. The van der Waals surface area contributed by atoms with E-state index in [0.717, 1.165) is 0 Å². The molecule has 1 aromatic heterocycles. The highest BCUT2D eigenvalue weighted by molar-refractivity contribution is 5.98. The maximum atomic E-state index is 12.1. The summed E-state index contributed by atoms with van der Waals surface area (Å²) in [5, 5.41) is 9.41. The van der Waals surface area contributed by atoms with Crippen LogP contribution in [0.25, 0.3) is 0 Å². The van der Waals surface area contributed by atoms with Gasteiger partial charge < -0.3 is 25.0 Å². The van der Waals surface area contributed by atoms with Crippen LogP contribution in [0.5, 0.6) is 5.88 Å². The molecule has 10 heteroatoms. The standard InChI is InChI=1S/C16H25N5O5/c1-4-26-16(24)21-7-5-11(6-8-21)18-13(22)9-17-14(23)12-10-20(2)19-15(12)25-3/h10-11H,4-9H2,1-3H3,(H,17,23)(H,18,22). The number of aromatic nitrogens is 2. The van der Waals surface area contributed by atoms with E-state index >= 15 is 0 Å². The summed E-state index contributed by atoms with van der Waals surface area (Å²) >= 11 is 0. The Morgan fingerprint density at radius 1 is 1.31 bits per heavy atom. The minimum Gasteiger partial charge on any atom is -0.479 e. The molecule has 26 heavy (non-hydrogen) atoms. The van der Waals surface area contributed by atoms with Gasteiger partial charge in [0, 0.05) is 32.4 Å². The predicted octanol–water partition coefficient (Wildman–Crippen LogP) is -0.104. The van der Waals surface area contributed by atoms with Crippen LogP contribution in [0.2, 0.25) is 0 Å². The summed E-state index contributed by atoms with van der Waals surface area (Å²) in [6.07, 6.45) is 2.50. The molecule has 1 aromatic rings. The highest BCUT2D eigenvalue weighted by Crippen LogP contribution is 2.14. The van der Waals surface area contributed by atoms with Crippen molar-refractivity contribution in [1.82, 2.24) is 25.3 Å². The van der Waals surface area contributed by atoms with Gasteiger partial charge in [-0.25, -0.2) is 4.79 Å². The van der Waals surface area contributed by atoms with E-state index in [1.54, 1.807) is 18.9 Å². The molecule has 0 unspecified atom stereocenters. The summed E-state index contributed by atoms with van der Waals surface area (Å²) < 4.78 is 11.5. The van der Waals surface area contributed by atoms with Crippen molar-refractivity contribution in [2.24, 2.45) is 7.05 Å². The number of aryl methyl sites for hydroxylation is 1. The number of nitrogens with zero attached hydrogens (tertiary/aromatic N) is 3. The average Bonchev–Trinajstić information content (AvgIpc) is 3.01. The molecule has 3 amide bonds. The predicted molar refractivity (Wildman–Crippen MR) is 91.9 cm³/mol. The molecule has 0 spiro atoms. The third kappa shape index (κ3) is 5.11. The Morgan fingerprint density at radius 2 is 2.00 bits per heavy atom. The van der Waals surface area contributed by atoms with Crippen molar-refractivity contribution in [3.05, 3.63) is 11.8 Å². The number of hydrogen-bond acceptors (Lipinski definition) is 6. The Kier molecular flexibility index (Phi) is 6.81. The molecule has 1 saturated heterocycles. The molecule has 0 aliphatic carbocycles. The zero-order valence-electron chi connectivity index (χ0n) is 15.3. The molecule has 0 bridgehead atoms. The molecule has 2 N–H and O–H groups in total. The zero-order valence-corrected chi connectivity index (χ0v) is 15.3. The molecule has 0 atom stereocenters. The Hall–Kier alpha value is -2.78. The summed E-state index contributed by atoms with van der Waals surface area (Å²) in [6, 6.07) is -0.0296. The highest BCUT2D eigenvalue weighted by atomic mass is 16.6. The summed E-state index contributed by atoms with van der Waals surface area (Å²) in [6.45, 7) is 3.03. The van der Waals surface area contributed by atoms with E-state index in [9.17, 15) is 14.4 Å². The number of nitrogens with one attached hydrogen (secondary N) is 2. The molecule has 10 nitrogen and oxygen atoms in total. The first-order valence-corrected chi connectivity index (χ1v) is 8.51. The van der Waals surface area contributed by atoms with Gasteiger partial charge in [-0.3, -0.25) is 14.3 Å². The first kappa shape index (κ1) is 19.5. The van der Waals surface area contributed by atoms with Gasteiger partial charge in [-0.2, -0.15) is 0 Å². The van der Waals surface area contributed by atoms with Crippen molar-refractivity contribution in [1.29, 1.82) is 0 Å². The lowest BCUT2D eigenvalue weighted by Crippen LogP contribution is -2.48. The summed E-state index contributed by atoms with van der Waals surface area (Å²) in [5.74, 6) is -0.505. The molecule has 1 aliphatic rings. The minimum absolute atomic E-state index is 0.0296. The second kappa shape index (κ2) is 9.07. The second-order valence-electron chi connectivity index (χ2n) is 5.94. The molecule has 144 valence electrons. The van der Waals surface area contributed by atoms with E-state index < -0.39 is 5.91 Å². The number of amides is 3. The van der Waals surface area contributed by atoms with Gasteiger partial charge in [-0.05, 0) is 19.8 Å². The molecular weight excluding hydrogens is 342 g/mol. The topological polar surface area (TPSA) is 115 Å². The second-order valence-corrected chi connectivity index (χ2v) is 5.94. The van der Waals surface area contributed by atoms with Crippen LogP contribution in [-0.2, 0) is 16.6 Å². The SMILES string of the molecule is CCOC(=O)N1CCC(NC(=O)CNC(=O)c2cn(C)nc2OC)CC1. The molecule has 2 heterocycles. The Morgan fingerprint density at radius 3 is 2.62 bits per heavy atom. The van der Waals surface area contributed by atoms with Gasteiger partial charge in [0.2, 0.25) is 11.8 Å². The smallest absolute Gasteiger partial charge is 0.409 e. The molecule has 0 aromatic carbocycles. The monoisotopic (exact) mass is 367 g/mol. The largest absolute Gasteiger partial charge is 0.479 e. The highest BCUT2D eigenvalue weighted by Gasteiger charge is 2.25. The molecule has 1 aliphatic heterocycles. The van der Waals surface area contributed by atoms with Crippen molar-refractivity contribution in [3.63, 3.8) is 0 Å². The third-order valence-corrected chi connectivity index (χ3v) is 4.03. The fraction of sp³-hybridized carbons (Fsp3) is 0.625. The van der Waals surface area contributed by atoms with Crippen molar-refractivity contribution in [3.8, 4) is 5.88 Å². The van der Waals surface area contributed by atoms with Crippen molar-refractivity contribution >= 4 is 17.9 Å². The van der Waals surface area contributed by atoms with Gasteiger partial charge in [0.25, 0.3) is 5.91 Å². The van der Waals surface area contributed by atoms with Gasteiger partial charge >= 0.3 is 6.09 Å². The molecule has 0 saturated carbocycles. The van der Waals surface area contributed by atoms with Gasteiger partial charge in [0.05, 0.1) is 20.3 Å². The van der Waals surface area contributed by atoms with E-state index in [-0.39, 0.29) is 36.0 Å². The quantitative estimate of drug-likeness (QED) is 0.725. The third-order valence-electron chi connectivity index (χ3n) is 4.03. The number of carbonyl (C=O) groups is 3. The maximum absolute atomic E-state index is 12.1. The van der Waals surface area contributed by atoms with Crippen LogP contribution in [-0.4, -0.2) is 72.0 Å². The Labute approximate surface area is 151 Å². The van der Waals surface area contributed by atoms with E-state index in [1.165, 1.54) is 18.0 Å². The van der Waals surface area contributed by atoms with Crippen LogP contribution in [0.4, 0.5) is 4.79 Å². The fourth-order valence-electron chi connectivity index (χ4n) is 2.73. The van der Waals surface area contributed by atoms with Crippen LogP contribution in [0.1, 0.15) is 30.1 Å². The van der Waals surface area contributed by atoms with Crippen LogP contribution in [0, 0.1) is 0 Å². The summed E-state index contributed by atoms with van der Waals surface area (Å²) in [5.41, 5.74) is 0.269. The first-order chi connectivity index (χ1) is 12.4. The average molecular weight is 367 g/mol. The normalized spacial score (nSPS) is 14.7. The lowest BCUT2D eigenvalue weighted by atomic mass is 10.1. The summed E-state index contributed by atoms with van der Waals surface area (Å²) in [4.78, 5) is 37.4. The molecular formula is C16H25N5O5. The number of piperidine rings is 1. The van der Waals surface area contributed by atoms with E-state index in [4.69, 9.17) is 9.47 Å². The van der Waals surface area contributed by atoms with Gasteiger partial charge in [0.1, 0.15) is 5.56 Å². The van der Waals surface area contributed by atoms with Gasteiger partial charge in [-0.1, -0.05) is 0 Å². The van der Waals surface area contributed by atoms with Crippen molar-refractivity contribution < 1.29 is 23.9 Å². The Balaban J connectivity index is 1.74. The fourth-order valence-corrected chi connectivity index (χ4v) is 2.73.